The number of rotatable bonds is 2. The van der Waals surface area contributed by atoms with Gasteiger partial charge in [0.2, 0.25) is 0 Å². The fourth-order valence-corrected chi connectivity index (χ4v) is 1.19. The van der Waals surface area contributed by atoms with Crippen molar-refractivity contribution in [2.24, 2.45) is 0 Å². The molecule has 1 rings (SSSR count). The molecule has 1 aliphatic heterocycles. The Morgan fingerprint density at radius 2 is 2.20 bits per heavy atom. The van der Waals surface area contributed by atoms with Crippen LogP contribution >= 0.6 is 0 Å². The van der Waals surface area contributed by atoms with Crippen LogP contribution < -0.4 is 10.6 Å². The first-order valence-corrected chi connectivity index (χ1v) is 3.90. The highest BCUT2D eigenvalue weighted by molar-refractivity contribution is 4.79. The van der Waals surface area contributed by atoms with E-state index in [1.54, 1.807) is 0 Å². The predicted molar refractivity (Wildman–Crippen MR) is 41.0 cm³/mol. The average Bonchev–Trinajstić information content (AvgIpc) is 1.95. The van der Waals surface area contributed by atoms with Crippen molar-refractivity contribution in [2.75, 3.05) is 19.7 Å². The third kappa shape index (κ3) is 2.25. The molecular formula is C7H16N2O. The Morgan fingerprint density at radius 1 is 1.40 bits per heavy atom. The second-order valence-electron chi connectivity index (χ2n) is 2.93. The highest BCUT2D eigenvalue weighted by Crippen LogP contribution is 1.95. The number of nitrogens with one attached hydrogen (secondary N) is 2. The molecule has 1 heterocycles. The highest BCUT2D eigenvalue weighted by Gasteiger charge is 2.14. The van der Waals surface area contributed by atoms with Crippen LogP contribution in [0.3, 0.4) is 0 Å². The number of piperazine rings is 1. The Labute approximate surface area is 61.8 Å². The van der Waals surface area contributed by atoms with Crippen molar-refractivity contribution in [3.8, 4) is 0 Å². The molecule has 10 heavy (non-hydrogen) atoms. The van der Waals surface area contributed by atoms with Gasteiger partial charge < -0.3 is 15.7 Å². The largest absolute Gasteiger partial charge is 0.396 e. The highest BCUT2D eigenvalue weighted by atomic mass is 16.3. The number of aliphatic hydroxyl groups excluding tert-OH is 1. The van der Waals surface area contributed by atoms with Crippen LogP contribution in [0.4, 0.5) is 0 Å². The van der Waals surface area contributed by atoms with Crippen molar-refractivity contribution in [3.63, 3.8) is 0 Å². The first-order valence-electron chi connectivity index (χ1n) is 3.90. The normalized spacial score (nSPS) is 34.2. The van der Waals surface area contributed by atoms with Crippen LogP contribution in [0.25, 0.3) is 0 Å². The SMILES string of the molecule is CC1CNC(CCO)CN1. The van der Waals surface area contributed by atoms with E-state index in [1.165, 1.54) is 0 Å². The van der Waals surface area contributed by atoms with Crippen molar-refractivity contribution in [1.29, 1.82) is 0 Å². The molecule has 2 unspecified atom stereocenters. The zero-order valence-electron chi connectivity index (χ0n) is 6.43. The van der Waals surface area contributed by atoms with Crippen molar-refractivity contribution >= 4 is 0 Å². The molecule has 3 heteroatoms. The maximum absolute atomic E-state index is 8.62. The van der Waals surface area contributed by atoms with Gasteiger partial charge in [-0.25, -0.2) is 0 Å². The Bertz CT molecular complexity index is 89.6. The number of aliphatic hydroxyl groups is 1. The van der Waals surface area contributed by atoms with Crippen LogP contribution in [0.5, 0.6) is 0 Å². The lowest BCUT2D eigenvalue weighted by molar-refractivity contribution is 0.246. The number of hydrogen-bond donors (Lipinski definition) is 3. The molecule has 0 saturated carbocycles. The van der Waals surface area contributed by atoms with E-state index in [0.29, 0.717) is 12.1 Å². The van der Waals surface area contributed by atoms with Gasteiger partial charge in [-0.05, 0) is 13.3 Å². The summed E-state index contributed by atoms with van der Waals surface area (Å²) in [6.07, 6.45) is 0.861. The van der Waals surface area contributed by atoms with E-state index in [1.807, 2.05) is 0 Å². The first kappa shape index (κ1) is 7.98. The molecule has 1 fully saturated rings. The summed E-state index contributed by atoms with van der Waals surface area (Å²) in [7, 11) is 0. The van der Waals surface area contributed by atoms with E-state index >= 15 is 0 Å². The molecule has 0 aromatic carbocycles. The molecule has 60 valence electrons. The van der Waals surface area contributed by atoms with E-state index in [9.17, 15) is 0 Å². The minimum absolute atomic E-state index is 0.285. The molecule has 1 saturated heterocycles. The summed E-state index contributed by atoms with van der Waals surface area (Å²) in [5.74, 6) is 0. The van der Waals surface area contributed by atoms with Gasteiger partial charge in [-0.1, -0.05) is 0 Å². The Hall–Kier alpha value is -0.120. The van der Waals surface area contributed by atoms with Gasteiger partial charge in [0.05, 0.1) is 0 Å². The van der Waals surface area contributed by atoms with Crippen molar-refractivity contribution in [1.82, 2.24) is 10.6 Å². The van der Waals surface area contributed by atoms with Gasteiger partial charge in [-0.2, -0.15) is 0 Å². The Balaban J connectivity index is 2.13. The summed E-state index contributed by atoms with van der Waals surface area (Å²) < 4.78 is 0. The van der Waals surface area contributed by atoms with E-state index in [-0.39, 0.29) is 6.61 Å². The zero-order chi connectivity index (χ0) is 7.40. The summed E-state index contributed by atoms with van der Waals surface area (Å²) in [5, 5.41) is 15.3. The van der Waals surface area contributed by atoms with Crippen LogP contribution in [0.15, 0.2) is 0 Å². The van der Waals surface area contributed by atoms with Gasteiger partial charge in [0.1, 0.15) is 0 Å². The molecule has 0 aromatic heterocycles. The molecule has 0 amide bonds. The van der Waals surface area contributed by atoms with E-state index in [2.05, 4.69) is 17.6 Å². The molecule has 0 bridgehead atoms. The standard InChI is InChI=1S/C7H16N2O/c1-6-4-9-7(2-3-10)5-8-6/h6-10H,2-5H2,1H3. The lowest BCUT2D eigenvalue weighted by Crippen LogP contribution is -2.53. The summed E-state index contributed by atoms with van der Waals surface area (Å²) in [6, 6.07) is 1.05. The van der Waals surface area contributed by atoms with Gasteiger partial charge in [0, 0.05) is 31.8 Å². The minimum atomic E-state index is 0.285. The summed E-state index contributed by atoms with van der Waals surface area (Å²) in [4.78, 5) is 0. The first-order chi connectivity index (χ1) is 4.83. The lowest BCUT2D eigenvalue weighted by Gasteiger charge is -2.28. The van der Waals surface area contributed by atoms with Gasteiger partial charge >= 0.3 is 0 Å². The molecule has 1 aliphatic rings. The summed E-state index contributed by atoms with van der Waals surface area (Å²) >= 11 is 0. The van der Waals surface area contributed by atoms with Crippen LogP contribution in [-0.2, 0) is 0 Å². The number of hydrogen-bond acceptors (Lipinski definition) is 3. The molecule has 0 aromatic rings. The van der Waals surface area contributed by atoms with Crippen LogP contribution in [0.2, 0.25) is 0 Å². The Kier molecular flexibility index (Phi) is 3.12. The van der Waals surface area contributed by atoms with Gasteiger partial charge in [0.25, 0.3) is 0 Å². The molecule has 0 aliphatic carbocycles. The quantitative estimate of drug-likeness (QED) is 0.481. The zero-order valence-corrected chi connectivity index (χ0v) is 6.43. The van der Waals surface area contributed by atoms with E-state index < -0.39 is 0 Å². The van der Waals surface area contributed by atoms with Crippen LogP contribution in [0.1, 0.15) is 13.3 Å². The van der Waals surface area contributed by atoms with Crippen molar-refractivity contribution in [3.05, 3.63) is 0 Å². The molecule has 2 atom stereocenters. The van der Waals surface area contributed by atoms with Crippen LogP contribution in [-0.4, -0.2) is 36.9 Å². The predicted octanol–water partition coefficient (Wildman–Crippen LogP) is -0.681. The Morgan fingerprint density at radius 3 is 2.70 bits per heavy atom. The second kappa shape index (κ2) is 3.91. The van der Waals surface area contributed by atoms with E-state index in [0.717, 1.165) is 19.5 Å². The summed E-state index contributed by atoms with van der Waals surface area (Å²) in [6.45, 7) is 4.45. The third-order valence-corrected chi connectivity index (χ3v) is 1.90. The summed E-state index contributed by atoms with van der Waals surface area (Å²) in [5.41, 5.74) is 0. The fraction of sp³-hybridized carbons (Fsp3) is 1.00. The average molecular weight is 144 g/mol. The third-order valence-electron chi connectivity index (χ3n) is 1.90. The van der Waals surface area contributed by atoms with Crippen molar-refractivity contribution < 1.29 is 5.11 Å². The van der Waals surface area contributed by atoms with E-state index in [4.69, 9.17) is 5.11 Å². The molecule has 3 N–H and O–H groups in total. The maximum Gasteiger partial charge on any atom is 0.0446 e. The monoisotopic (exact) mass is 144 g/mol. The van der Waals surface area contributed by atoms with Gasteiger partial charge in [0.15, 0.2) is 0 Å². The maximum atomic E-state index is 8.62. The van der Waals surface area contributed by atoms with Gasteiger partial charge in [-0.3, -0.25) is 0 Å². The fourth-order valence-electron chi connectivity index (χ4n) is 1.19. The topological polar surface area (TPSA) is 44.3 Å². The molecule has 0 spiro atoms. The molecule has 0 radical (unpaired) electrons. The minimum Gasteiger partial charge on any atom is -0.396 e. The second-order valence-corrected chi connectivity index (χ2v) is 2.93. The van der Waals surface area contributed by atoms with Gasteiger partial charge in [-0.15, -0.1) is 0 Å². The molecular weight excluding hydrogens is 128 g/mol. The van der Waals surface area contributed by atoms with Crippen molar-refractivity contribution in [2.45, 2.75) is 25.4 Å². The molecule has 3 nitrogen and oxygen atoms in total. The lowest BCUT2D eigenvalue weighted by atomic mass is 10.1. The smallest absolute Gasteiger partial charge is 0.0446 e. The van der Waals surface area contributed by atoms with Crippen LogP contribution in [0, 0.1) is 0 Å².